The highest BCUT2D eigenvalue weighted by molar-refractivity contribution is 5.95. The Morgan fingerprint density at radius 3 is 2.48 bits per heavy atom. The van der Waals surface area contributed by atoms with E-state index < -0.39 is 40.9 Å². The predicted molar refractivity (Wildman–Crippen MR) is 68.3 cm³/mol. The minimum atomic E-state index is -1.27. The van der Waals surface area contributed by atoms with E-state index in [1.54, 1.807) is 0 Å². The van der Waals surface area contributed by atoms with Crippen molar-refractivity contribution in [2.75, 3.05) is 0 Å². The van der Waals surface area contributed by atoms with Gasteiger partial charge in [0.05, 0.1) is 0 Å². The van der Waals surface area contributed by atoms with Gasteiger partial charge in [-0.2, -0.15) is 0 Å². The summed E-state index contributed by atoms with van der Waals surface area (Å²) in [6.07, 6.45) is 1.85. The van der Waals surface area contributed by atoms with Crippen LogP contribution in [0.1, 0.15) is 29.6 Å². The number of hydrogen-bond donors (Lipinski definition) is 3. The first kappa shape index (κ1) is 15.1. The van der Waals surface area contributed by atoms with E-state index in [0.29, 0.717) is 25.0 Å². The monoisotopic (exact) mass is 301 g/mol. The van der Waals surface area contributed by atoms with Crippen LogP contribution in [0.4, 0.5) is 13.2 Å². The van der Waals surface area contributed by atoms with E-state index in [9.17, 15) is 18.0 Å². The number of oxime groups is 1. The molecule has 21 heavy (non-hydrogen) atoms. The number of hydrogen-bond acceptors (Lipinski definition) is 3. The van der Waals surface area contributed by atoms with E-state index >= 15 is 0 Å². The van der Waals surface area contributed by atoms with Crippen molar-refractivity contribution in [1.29, 1.82) is 0 Å². The van der Waals surface area contributed by atoms with Crippen molar-refractivity contribution in [3.63, 3.8) is 0 Å². The van der Waals surface area contributed by atoms with Crippen LogP contribution in [0, 0.1) is 23.4 Å². The SMILES string of the molecule is NC(=NO)C1CCCC1NC(=O)c1c(F)cc(F)cc1F. The van der Waals surface area contributed by atoms with E-state index in [-0.39, 0.29) is 5.84 Å². The van der Waals surface area contributed by atoms with Crippen molar-refractivity contribution in [1.82, 2.24) is 5.32 Å². The van der Waals surface area contributed by atoms with Crippen LogP contribution >= 0.6 is 0 Å². The van der Waals surface area contributed by atoms with Crippen molar-refractivity contribution >= 4 is 11.7 Å². The van der Waals surface area contributed by atoms with E-state index in [0.717, 1.165) is 6.42 Å². The fourth-order valence-electron chi connectivity index (χ4n) is 2.56. The zero-order valence-corrected chi connectivity index (χ0v) is 10.9. The Balaban J connectivity index is 2.19. The Bertz CT molecular complexity index is 569. The molecule has 1 aliphatic carbocycles. The second-order valence-corrected chi connectivity index (χ2v) is 4.89. The maximum Gasteiger partial charge on any atom is 0.257 e. The van der Waals surface area contributed by atoms with E-state index in [1.807, 2.05) is 0 Å². The maximum atomic E-state index is 13.5. The van der Waals surface area contributed by atoms with Crippen molar-refractivity contribution < 1.29 is 23.2 Å². The molecule has 0 aliphatic heterocycles. The van der Waals surface area contributed by atoms with Gasteiger partial charge in [-0.3, -0.25) is 4.79 Å². The van der Waals surface area contributed by atoms with E-state index in [1.165, 1.54) is 0 Å². The van der Waals surface area contributed by atoms with Gasteiger partial charge in [-0.1, -0.05) is 11.6 Å². The van der Waals surface area contributed by atoms with Crippen molar-refractivity contribution in [2.24, 2.45) is 16.8 Å². The topological polar surface area (TPSA) is 87.7 Å². The Labute approximate surface area is 118 Å². The fraction of sp³-hybridized carbons (Fsp3) is 0.385. The zero-order chi connectivity index (χ0) is 15.6. The molecule has 0 bridgehead atoms. The van der Waals surface area contributed by atoms with Crippen LogP contribution in [0.5, 0.6) is 0 Å². The number of halogens is 3. The molecule has 2 unspecified atom stereocenters. The molecule has 1 aromatic carbocycles. The lowest BCUT2D eigenvalue weighted by molar-refractivity contribution is 0.0924. The highest BCUT2D eigenvalue weighted by Crippen LogP contribution is 2.26. The number of carbonyl (C=O) groups is 1. The molecule has 1 amide bonds. The predicted octanol–water partition coefficient (Wildman–Crippen LogP) is 1.75. The molecule has 0 heterocycles. The third-order valence-corrected chi connectivity index (χ3v) is 3.56. The summed E-state index contributed by atoms with van der Waals surface area (Å²) in [5.41, 5.74) is 4.67. The van der Waals surface area contributed by atoms with Crippen LogP contribution in [-0.4, -0.2) is 23.0 Å². The summed E-state index contributed by atoms with van der Waals surface area (Å²) in [4.78, 5) is 12.0. The molecule has 1 saturated carbocycles. The summed E-state index contributed by atoms with van der Waals surface area (Å²) >= 11 is 0. The third-order valence-electron chi connectivity index (χ3n) is 3.56. The Morgan fingerprint density at radius 1 is 1.29 bits per heavy atom. The normalized spacial score (nSPS) is 22.3. The Morgan fingerprint density at radius 2 is 1.90 bits per heavy atom. The van der Waals surface area contributed by atoms with Gasteiger partial charge in [-0.05, 0) is 12.8 Å². The van der Waals surface area contributed by atoms with Gasteiger partial charge in [0.2, 0.25) is 0 Å². The number of nitrogens with zero attached hydrogens (tertiary/aromatic N) is 1. The summed E-state index contributed by atoms with van der Waals surface area (Å²) in [5, 5.41) is 14.0. The van der Waals surface area contributed by atoms with Crippen LogP contribution in [0.15, 0.2) is 17.3 Å². The van der Waals surface area contributed by atoms with Gasteiger partial charge in [0, 0.05) is 24.1 Å². The van der Waals surface area contributed by atoms with Gasteiger partial charge < -0.3 is 16.3 Å². The van der Waals surface area contributed by atoms with Gasteiger partial charge >= 0.3 is 0 Å². The second-order valence-electron chi connectivity index (χ2n) is 4.89. The average Bonchev–Trinajstić information content (AvgIpc) is 2.84. The van der Waals surface area contributed by atoms with Crippen LogP contribution < -0.4 is 11.1 Å². The minimum Gasteiger partial charge on any atom is -0.409 e. The first-order valence-corrected chi connectivity index (χ1v) is 6.37. The first-order chi connectivity index (χ1) is 9.93. The number of amides is 1. The molecule has 1 aliphatic rings. The van der Waals surface area contributed by atoms with Crippen molar-refractivity contribution in [3.05, 3.63) is 35.1 Å². The molecule has 0 spiro atoms. The number of nitrogens with two attached hydrogens (primary N) is 1. The molecule has 4 N–H and O–H groups in total. The standard InChI is InChI=1S/C13H14F3N3O2/c14-6-4-8(15)11(9(16)5-6)13(20)18-10-3-1-2-7(10)12(17)19-21/h4-5,7,10,21H,1-3H2,(H2,17,19)(H,18,20). The molecular formula is C13H14F3N3O2. The quantitative estimate of drug-likeness (QED) is 0.344. The maximum absolute atomic E-state index is 13.5. The summed E-state index contributed by atoms with van der Waals surface area (Å²) in [6.45, 7) is 0. The molecule has 5 nitrogen and oxygen atoms in total. The fourth-order valence-corrected chi connectivity index (χ4v) is 2.56. The number of amidine groups is 1. The molecule has 0 radical (unpaired) electrons. The lowest BCUT2D eigenvalue weighted by Gasteiger charge is -2.20. The van der Waals surface area contributed by atoms with Crippen LogP contribution in [0.25, 0.3) is 0 Å². The molecule has 1 aromatic rings. The molecule has 0 saturated heterocycles. The van der Waals surface area contributed by atoms with Crippen LogP contribution in [0.2, 0.25) is 0 Å². The van der Waals surface area contributed by atoms with Gasteiger partial charge in [0.25, 0.3) is 5.91 Å². The van der Waals surface area contributed by atoms with E-state index in [2.05, 4.69) is 10.5 Å². The van der Waals surface area contributed by atoms with Gasteiger partial charge in [-0.15, -0.1) is 0 Å². The Hall–Kier alpha value is -2.25. The molecular weight excluding hydrogens is 287 g/mol. The highest BCUT2D eigenvalue weighted by atomic mass is 19.1. The lowest BCUT2D eigenvalue weighted by atomic mass is 10.0. The summed E-state index contributed by atoms with van der Waals surface area (Å²) in [5.74, 6) is -5.08. The Kier molecular flexibility index (Phi) is 4.35. The van der Waals surface area contributed by atoms with Crippen LogP contribution in [0.3, 0.4) is 0 Å². The molecule has 2 rings (SSSR count). The number of carbonyl (C=O) groups excluding carboxylic acids is 1. The van der Waals surface area contributed by atoms with E-state index in [4.69, 9.17) is 10.9 Å². The van der Waals surface area contributed by atoms with Crippen LogP contribution in [-0.2, 0) is 0 Å². The molecule has 114 valence electrons. The molecule has 1 fully saturated rings. The highest BCUT2D eigenvalue weighted by Gasteiger charge is 2.33. The molecule has 0 aromatic heterocycles. The molecule has 8 heteroatoms. The first-order valence-electron chi connectivity index (χ1n) is 6.37. The number of benzene rings is 1. The minimum absolute atomic E-state index is 0.0437. The number of nitrogens with one attached hydrogen (secondary N) is 1. The smallest absolute Gasteiger partial charge is 0.257 e. The largest absolute Gasteiger partial charge is 0.409 e. The number of rotatable bonds is 3. The third kappa shape index (κ3) is 3.09. The van der Waals surface area contributed by atoms with Gasteiger partial charge in [0.15, 0.2) is 0 Å². The van der Waals surface area contributed by atoms with Crippen molar-refractivity contribution in [2.45, 2.75) is 25.3 Å². The van der Waals surface area contributed by atoms with Gasteiger partial charge in [0.1, 0.15) is 28.9 Å². The lowest BCUT2D eigenvalue weighted by Crippen LogP contribution is -2.43. The summed E-state index contributed by atoms with van der Waals surface area (Å²) < 4.78 is 39.9. The second kappa shape index (κ2) is 6.02. The molecule has 2 atom stereocenters. The van der Waals surface area contributed by atoms with Crippen molar-refractivity contribution in [3.8, 4) is 0 Å². The summed E-state index contributed by atoms with van der Waals surface area (Å²) in [7, 11) is 0. The summed E-state index contributed by atoms with van der Waals surface area (Å²) in [6, 6.07) is 0.388. The zero-order valence-electron chi connectivity index (χ0n) is 10.9. The average molecular weight is 301 g/mol. The van der Waals surface area contributed by atoms with Gasteiger partial charge in [-0.25, -0.2) is 13.2 Å².